The van der Waals surface area contributed by atoms with Gasteiger partial charge in [0.15, 0.2) is 11.6 Å². The van der Waals surface area contributed by atoms with Gasteiger partial charge in [-0.3, -0.25) is 14.2 Å². The first-order valence-corrected chi connectivity index (χ1v) is 12.7. The van der Waals surface area contributed by atoms with Gasteiger partial charge in [0.2, 0.25) is 0 Å². The number of aromatic nitrogens is 2. The molecule has 41 heavy (non-hydrogen) atoms. The summed E-state index contributed by atoms with van der Waals surface area (Å²) in [5, 5.41) is 9.13. The lowest BCUT2D eigenvalue weighted by atomic mass is 9.97. The van der Waals surface area contributed by atoms with Gasteiger partial charge in [-0.2, -0.15) is 13.2 Å². The van der Waals surface area contributed by atoms with Crippen molar-refractivity contribution in [3.05, 3.63) is 82.7 Å². The minimum absolute atomic E-state index is 0.0508. The second-order valence-electron chi connectivity index (χ2n) is 9.72. The number of imidazole rings is 1. The fourth-order valence-electron chi connectivity index (χ4n) is 5.15. The second kappa shape index (κ2) is 10.5. The molecule has 2 heterocycles. The lowest BCUT2D eigenvalue weighted by molar-refractivity contribution is -0.170. The molecular weight excluding hydrogens is 549 g/mol. The van der Waals surface area contributed by atoms with E-state index in [0.717, 1.165) is 6.07 Å². The number of benzene rings is 3. The average molecular weight is 574 g/mol. The summed E-state index contributed by atoms with van der Waals surface area (Å²) in [6.45, 7) is 2.95. The predicted molar refractivity (Wildman–Crippen MR) is 139 cm³/mol. The third-order valence-corrected chi connectivity index (χ3v) is 7.18. The number of carboxylic acids is 1. The standard InChI is InChI=1S/C29H24F5N3O4/c1-3-24-35-21-10-9-20(30)26(31)27(21)37(24)22-6-4-5-16(15(22)2)13-36(28(40)29(32,33)34)18-7-8-19-17(11-25(38)39)14-41-23(19)12-18/h4-10,12,17H,3,11,13-14H2,1-2H3,(H,38,39)/t17-/m1/s1. The number of carbonyl (C=O) groups is 2. The molecule has 1 N–H and O–H groups in total. The molecule has 0 bridgehead atoms. The number of ether oxygens (including phenoxy) is 1. The van der Waals surface area contributed by atoms with Crippen LogP contribution in [-0.4, -0.2) is 39.3 Å². The number of rotatable bonds is 7. The number of carbonyl (C=O) groups excluding carboxylic acids is 1. The molecule has 1 aromatic heterocycles. The Labute approximate surface area is 230 Å². The number of aryl methyl sites for hydroxylation is 1. The van der Waals surface area contributed by atoms with Gasteiger partial charge in [-0.1, -0.05) is 25.1 Å². The van der Waals surface area contributed by atoms with E-state index >= 15 is 0 Å². The van der Waals surface area contributed by atoms with E-state index in [1.807, 2.05) is 0 Å². The van der Waals surface area contributed by atoms with Crippen LogP contribution in [-0.2, 0) is 22.6 Å². The maximum Gasteiger partial charge on any atom is 0.471 e. The van der Waals surface area contributed by atoms with Gasteiger partial charge in [0.1, 0.15) is 17.1 Å². The van der Waals surface area contributed by atoms with Gasteiger partial charge >= 0.3 is 18.1 Å². The van der Waals surface area contributed by atoms with Gasteiger partial charge in [0.25, 0.3) is 0 Å². The van der Waals surface area contributed by atoms with Crippen molar-refractivity contribution in [1.29, 1.82) is 0 Å². The monoisotopic (exact) mass is 573 g/mol. The van der Waals surface area contributed by atoms with E-state index in [0.29, 0.717) is 39.5 Å². The number of hydrogen-bond donors (Lipinski definition) is 1. The Morgan fingerprint density at radius 1 is 1.15 bits per heavy atom. The molecule has 214 valence electrons. The molecule has 1 aliphatic heterocycles. The molecule has 0 unspecified atom stereocenters. The lowest BCUT2D eigenvalue weighted by Gasteiger charge is -2.26. The molecule has 1 atom stereocenters. The summed E-state index contributed by atoms with van der Waals surface area (Å²) in [5.41, 5.74) is 1.69. The van der Waals surface area contributed by atoms with E-state index in [1.54, 1.807) is 32.0 Å². The lowest BCUT2D eigenvalue weighted by Crippen LogP contribution is -2.41. The topological polar surface area (TPSA) is 84.7 Å². The molecule has 3 aromatic carbocycles. The number of aliphatic carboxylic acids is 1. The molecule has 7 nitrogen and oxygen atoms in total. The average Bonchev–Trinajstić information content (AvgIpc) is 3.50. The molecule has 0 saturated carbocycles. The fraction of sp³-hybridized carbons (Fsp3) is 0.276. The van der Waals surface area contributed by atoms with E-state index in [2.05, 4.69) is 4.98 Å². The first-order valence-electron chi connectivity index (χ1n) is 12.7. The van der Waals surface area contributed by atoms with E-state index in [9.17, 15) is 31.5 Å². The van der Waals surface area contributed by atoms with Crippen LogP contribution in [0.2, 0.25) is 0 Å². The number of hydrogen-bond acceptors (Lipinski definition) is 4. The Balaban J connectivity index is 1.59. The van der Waals surface area contributed by atoms with Crippen molar-refractivity contribution in [3.8, 4) is 11.4 Å². The second-order valence-corrected chi connectivity index (χ2v) is 9.72. The Hall–Kier alpha value is -4.48. The van der Waals surface area contributed by atoms with Crippen molar-refractivity contribution in [3.63, 3.8) is 0 Å². The Morgan fingerprint density at radius 2 is 1.90 bits per heavy atom. The molecule has 12 heteroatoms. The first kappa shape index (κ1) is 28.1. The molecule has 0 radical (unpaired) electrons. The smallest absolute Gasteiger partial charge is 0.471 e. The number of halogens is 5. The highest BCUT2D eigenvalue weighted by molar-refractivity contribution is 5.97. The zero-order chi connectivity index (χ0) is 29.6. The molecule has 5 rings (SSSR count). The van der Waals surface area contributed by atoms with Crippen molar-refractivity contribution in [2.24, 2.45) is 0 Å². The Morgan fingerprint density at radius 3 is 2.59 bits per heavy atom. The molecule has 4 aromatic rings. The fourth-order valence-corrected chi connectivity index (χ4v) is 5.15. The predicted octanol–water partition coefficient (Wildman–Crippen LogP) is 6.22. The highest BCUT2D eigenvalue weighted by atomic mass is 19.4. The summed E-state index contributed by atoms with van der Waals surface area (Å²) in [5.74, 6) is -5.18. The van der Waals surface area contributed by atoms with Crippen LogP contribution < -0.4 is 9.64 Å². The van der Waals surface area contributed by atoms with Gasteiger partial charge in [-0.25, -0.2) is 13.8 Å². The largest absolute Gasteiger partial charge is 0.493 e. The van der Waals surface area contributed by atoms with Gasteiger partial charge < -0.3 is 14.7 Å². The maximum atomic E-state index is 14.9. The van der Waals surface area contributed by atoms with E-state index in [1.165, 1.54) is 28.8 Å². The van der Waals surface area contributed by atoms with Crippen LogP contribution in [0, 0.1) is 18.6 Å². The third-order valence-electron chi connectivity index (χ3n) is 7.18. The Bertz CT molecular complexity index is 1680. The van der Waals surface area contributed by atoms with Crippen molar-refractivity contribution in [2.75, 3.05) is 11.5 Å². The molecule has 1 aliphatic rings. The summed E-state index contributed by atoms with van der Waals surface area (Å²) in [6.07, 6.45) is -5.05. The summed E-state index contributed by atoms with van der Waals surface area (Å²) in [7, 11) is 0. The van der Waals surface area contributed by atoms with Crippen LogP contribution in [0.25, 0.3) is 16.7 Å². The number of anilines is 1. The highest BCUT2D eigenvalue weighted by Gasteiger charge is 2.43. The van der Waals surface area contributed by atoms with E-state index in [-0.39, 0.29) is 35.5 Å². The minimum Gasteiger partial charge on any atom is -0.493 e. The SMILES string of the molecule is CCc1nc2ccc(F)c(F)c2n1-c1cccc(CN(C(=O)C(F)(F)F)c2ccc3c(c2)OC[C@H]3CC(=O)O)c1C. The van der Waals surface area contributed by atoms with E-state index < -0.39 is 42.1 Å². The van der Waals surface area contributed by atoms with Crippen molar-refractivity contribution in [1.82, 2.24) is 9.55 Å². The maximum absolute atomic E-state index is 14.9. The van der Waals surface area contributed by atoms with Gasteiger partial charge in [0.05, 0.1) is 30.8 Å². The van der Waals surface area contributed by atoms with Crippen LogP contribution >= 0.6 is 0 Å². The van der Waals surface area contributed by atoms with E-state index in [4.69, 9.17) is 9.84 Å². The minimum atomic E-state index is -5.20. The summed E-state index contributed by atoms with van der Waals surface area (Å²) in [6, 6.07) is 11.1. The third kappa shape index (κ3) is 5.09. The summed E-state index contributed by atoms with van der Waals surface area (Å²) < 4.78 is 77.3. The van der Waals surface area contributed by atoms with Crippen LogP contribution in [0.15, 0.2) is 48.5 Å². The molecule has 0 aliphatic carbocycles. The first-order chi connectivity index (χ1) is 19.4. The van der Waals surface area contributed by atoms with Crippen molar-refractivity contribution in [2.45, 2.75) is 45.3 Å². The van der Waals surface area contributed by atoms with Crippen LogP contribution in [0.4, 0.5) is 27.6 Å². The summed E-state index contributed by atoms with van der Waals surface area (Å²) >= 11 is 0. The Kier molecular flexibility index (Phi) is 7.18. The molecule has 0 spiro atoms. The van der Waals surface area contributed by atoms with Gasteiger partial charge in [-0.15, -0.1) is 0 Å². The van der Waals surface area contributed by atoms with Crippen molar-refractivity contribution >= 4 is 28.6 Å². The number of alkyl halides is 3. The van der Waals surface area contributed by atoms with Gasteiger partial charge in [-0.05, 0) is 42.3 Å². The van der Waals surface area contributed by atoms with Crippen LogP contribution in [0.5, 0.6) is 5.75 Å². The molecular formula is C29H24F5N3O4. The molecule has 0 fully saturated rings. The molecule has 0 saturated heterocycles. The number of nitrogens with zero attached hydrogens (tertiary/aromatic N) is 3. The normalized spacial score (nSPS) is 14.7. The highest BCUT2D eigenvalue weighted by Crippen LogP contribution is 2.40. The quantitative estimate of drug-likeness (QED) is 0.266. The number of amides is 1. The molecule has 1 amide bonds. The van der Waals surface area contributed by atoms with Crippen LogP contribution in [0.3, 0.4) is 0 Å². The zero-order valence-electron chi connectivity index (χ0n) is 21.9. The number of carboxylic acid groups (broad SMARTS) is 1. The van der Waals surface area contributed by atoms with Crippen LogP contribution in [0.1, 0.15) is 41.8 Å². The summed E-state index contributed by atoms with van der Waals surface area (Å²) in [4.78, 5) is 28.8. The zero-order valence-corrected chi connectivity index (χ0v) is 21.9. The number of fused-ring (bicyclic) bond motifs is 2. The van der Waals surface area contributed by atoms with Gasteiger partial charge in [0, 0.05) is 29.7 Å². The van der Waals surface area contributed by atoms with Crippen molar-refractivity contribution < 1.29 is 41.4 Å².